The van der Waals surface area contributed by atoms with Gasteiger partial charge in [0.1, 0.15) is 0 Å². The highest BCUT2D eigenvalue weighted by molar-refractivity contribution is 6.06. The normalized spacial score (nSPS) is 11.0. The van der Waals surface area contributed by atoms with E-state index in [4.69, 9.17) is 5.73 Å². The lowest BCUT2D eigenvalue weighted by molar-refractivity contribution is 0.102. The number of carbonyl (C=O) groups is 1. The van der Waals surface area contributed by atoms with Crippen molar-refractivity contribution in [3.05, 3.63) is 40.7 Å². The average molecular weight is 286 g/mol. The summed E-state index contributed by atoms with van der Waals surface area (Å²) in [5.41, 5.74) is 10.4. The largest absolute Gasteiger partial charge is 0.399 e. The maximum atomic E-state index is 12.4. The van der Waals surface area contributed by atoms with Crippen LogP contribution >= 0.6 is 0 Å². The molecule has 1 heterocycles. The number of aromatic nitrogens is 2. The molecule has 0 saturated heterocycles. The van der Waals surface area contributed by atoms with Gasteiger partial charge < -0.3 is 11.1 Å². The van der Waals surface area contributed by atoms with Crippen molar-refractivity contribution in [1.29, 1.82) is 0 Å². The van der Waals surface area contributed by atoms with E-state index in [2.05, 4.69) is 24.3 Å². The summed E-state index contributed by atoms with van der Waals surface area (Å²) in [6.45, 7) is 9.87. The molecule has 1 aromatic heterocycles. The van der Waals surface area contributed by atoms with Crippen molar-refractivity contribution in [2.24, 2.45) is 0 Å². The molecule has 0 spiro atoms. The first-order chi connectivity index (χ1) is 9.81. The van der Waals surface area contributed by atoms with Crippen LogP contribution in [-0.4, -0.2) is 15.7 Å². The number of nitrogens with two attached hydrogens (primary N) is 1. The molecule has 0 radical (unpaired) electrons. The summed E-state index contributed by atoms with van der Waals surface area (Å²) in [7, 11) is 0. The highest BCUT2D eigenvalue weighted by Crippen LogP contribution is 2.23. The Kier molecular flexibility index (Phi) is 4.02. The molecule has 2 aromatic rings. The van der Waals surface area contributed by atoms with Crippen LogP contribution in [0.3, 0.4) is 0 Å². The Morgan fingerprint density at radius 2 is 1.95 bits per heavy atom. The predicted octanol–water partition coefficient (Wildman–Crippen LogP) is 3.22. The van der Waals surface area contributed by atoms with Crippen molar-refractivity contribution in [3.8, 4) is 0 Å². The van der Waals surface area contributed by atoms with Gasteiger partial charge in [0.15, 0.2) is 0 Å². The van der Waals surface area contributed by atoms with Crippen molar-refractivity contribution < 1.29 is 4.79 Å². The number of nitrogens with one attached hydrogen (secondary N) is 1. The Balaban J connectivity index is 2.32. The van der Waals surface area contributed by atoms with Gasteiger partial charge in [-0.1, -0.05) is 0 Å². The van der Waals surface area contributed by atoms with Crippen LogP contribution in [0.1, 0.15) is 47.2 Å². The molecule has 112 valence electrons. The van der Waals surface area contributed by atoms with E-state index in [1.165, 1.54) is 0 Å². The van der Waals surface area contributed by atoms with E-state index in [1.54, 1.807) is 18.2 Å². The quantitative estimate of drug-likeness (QED) is 0.851. The summed E-state index contributed by atoms with van der Waals surface area (Å²) in [6.07, 6.45) is 0. The lowest BCUT2D eigenvalue weighted by atomic mass is 10.1. The van der Waals surface area contributed by atoms with Gasteiger partial charge >= 0.3 is 0 Å². The standard InChI is InChI=1S/C16H22N4O/c1-9(2)20-12(5)15(11(4)19-20)18-16(21)14-7-6-13(17)8-10(14)3/h6-9H,17H2,1-5H3,(H,18,21). The molecular weight excluding hydrogens is 264 g/mol. The zero-order valence-electron chi connectivity index (χ0n) is 13.2. The molecule has 0 aliphatic carbocycles. The van der Waals surface area contributed by atoms with Crippen LogP contribution in [-0.2, 0) is 0 Å². The van der Waals surface area contributed by atoms with Gasteiger partial charge in [-0.15, -0.1) is 0 Å². The molecular formula is C16H22N4O. The summed E-state index contributed by atoms with van der Waals surface area (Å²) in [4.78, 5) is 12.4. The summed E-state index contributed by atoms with van der Waals surface area (Å²) in [5, 5.41) is 7.44. The third kappa shape index (κ3) is 2.91. The molecule has 2 rings (SSSR count). The molecule has 0 aliphatic heterocycles. The number of benzene rings is 1. The molecule has 0 bridgehead atoms. The third-order valence-corrected chi connectivity index (χ3v) is 3.55. The van der Waals surface area contributed by atoms with Crippen molar-refractivity contribution in [3.63, 3.8) is 0 Å². The molecule has 0 saturated carbocycles. The summed E-state index contributed by atoms with van der Waals surface area (Å²) >= 11 is 0. The summed E-state index contributed by atoms with van der Waals surface area (Å²) in [6, 6.07) is 5.54. The van der Waals surface area contributed by atoms with Gasteiger partial charge in [0.2, 0.25) is 0 Å². The number of carbonyl (C=O) groups excluding carboxylic acids is 1. The monoisotopic (exact) mass is 286 g/mol. The minimum atomic E-state index is -0.137. The Hall–Kier alpha value is -2.30. The number of anilines is 2. The van der Waals surface area contributed by atoms with Gasteiger partial charge in [0.05, 0.1) is 17.1 Å². The fourth-order valence-corrected chi connectivity index (χ4v) is 2.47. The predicted molar refractivity (Wildman–Crippen MR) is 85.6 cm³/mol. The van der Waals surface area contributed by atoms with Crippen LogP contribution in [0, 0.1) is 20.8 Å². The van der Waals surface area contributed by atoms with Gasteiger partial charge in [0.25, 0.3) is 5.91 Å². The number of nitrogens with zero attached hydrogens (tertiary/aromatic N) is 2. The second kappa shape index (κ2) is 5.60. The number of rotatable bonds is 3. The van der Waals surface area contributed by atoms with Crippen molar-refractivity contribution >= 4 is 17.3 Å². The van der Waals surface area contributed by atoms with Crippen molar-refractivity contribution in [1.82, 2.24) is 9.78 Å². The first kappa shape index (κ1) is 15.1. The second-order valence-electron chi connectivity index (χ2n) is 5.61. The number of amides is 1. The molecule has 5 heteroatoms. The molecule has 5 nitrogen and oxygen atoms in total. The Morgan fingerprint density at radius 1 is 1.29 bits per heavy atom. The Morgan fingerprint density at radius 3 is 2.48 bits per heavy atom. The molecule has 1 amide bonds. The zero-order valence-corrected chi connectivity index (χ0v) is 13.2. The highest BCUT2D eigenvalue weighted by Gasteiger charge is 2.17. The molecule has 0 atom stereocenters. The summed E-state index contributed by atoms with van der Waals surface area (Å²) in [5.74, 6) is -0.137. The van der Waals surface area contributed by atoms with Gasteiger partial charge in [-0.25, -0.2) is 0 Å². The van der Waals surface area contributed by atoms with E-state index < -0.39 is 0 Å². The van der Waals surface area contributed by atoms with Gasteiger partial charge in [-0.2, -0.15) is 5.10 Å². The van der Waals surface area contributed by atoms with Gasteiger partial charge in [-0.05, 0) is 58.4 Å². The molecule has 0 aliphatic rings. The second-order valence-corrected chi connectivity index (χ2v) is 5.61. The van der Waals surface area contributed by atoms with E-state index >= 15 is 0 Å². The van der Waals surface area contributed by atoms with E-state index in [0.29, 0.717) is 11.3 Å². The van der Waals surface area contributed by atoms with Crippen LogP contribution in [0.4, 0.5) is 11.4 Å². The Labute approximate surface area is 125 Å². The first-order valence-corrected chi connectivity index (χ1v) is 7.04. The maximum absolute atomic E-state index is 12.4. The average Bonchev–Trinajstić information content (AvgIpc) is 2.66. The number of hydrogen-bond donors (Lipinski definition) is 2. The zero-order chi connectivity index (χ0) is 15.7. The molecule has 1 aromatic carbocycles. The number of aryl methyl sites for hydroxylation is 2. The third-order valence-electron chi connectivity index (χ3n) is 3.55. The van der Waals surface area contributed by atoms with Crippen molar-refractivity contribution in [2.45, 2.75) is 40.7 Å². The lowest BCUT2D eigenvalue weighted by Crippen LogP contribution is -2.15. The van der Waals surface area contributed by atoms with Crippen LogP contribution in [0.2, 0.25) is 0 Å². The van der Waals surface area contributed by atoms with Crippen LogP contribution < -0.4 is 11.1 Å². The number of nitrogen functional groups attached to an aromatic ring is 1. The minimum absolute atomic E-state index is 0.137. The smallest absolute Gasteiger partial charge is 0.256 e. The molecule has 0 unspecified atom stereocenters. The Bertz CT molecular complexity index is 686. The van der Waals surface area contributed by atoms with E-state index in [9.17, 15) is 4.79 Å². The summed E-state index contributed by atoms with van der Waals surface area (Å²) < 4.78 is 1.92. The molecule has 21 heavy (non-hydrogen) atoms. The molecule has 0 fully saturated rings. The van der Waals surface area contributed by atoms with E-state index in [0.717, 1.165) is 22.6 Å². The van der Waals surface area contributed by atoms with Crippen LogP contribution in [0.15, 0.2) is 18.2 Å². The minimum Gasteiger partial charge on any atom is -0.399 e. The van der Waals surface area contributed by atoms with E-state index in [-0.39, 0.29) is 11.9 Å². The fraction of sp³-hybridized carbons (Fsp3) is 0.375. The fourth-order valence-electron chi connectivity index (χ4n) is 2.47. The molecule has 3 N–H and O–H groups in total. The van der Waals surface area contributed by atoms with Gasteiger partial charge in [0, 0.05) is 17.3 Å². The first-order valence-electron chi connectivity index (χ1n) is 7.04. The lowest BCUT2D eigenvalue weighted by Gasteiger charge is -2.10. The van der Waals surface area contributed by atoms with E-state index in [1.807, 2.05) is 25.5 Å². The van der Waals surface area contributed by atoms with Gasteiger partial charge in [-0.3, -0.25) is 9.48 Å². The SMILES string of the molecule is Cc1cc(N)ccc1C(=O)Nc1c(C)nn(C(C)C)c1C. The van der Waals surface area contributed by atoms with Crippen molar-refractivity contribution in [2.75, 3.05) is 11.1 Å². The maximum Gasteiger partial charge on any atom is 0.256 e. The van der Waals surface area contributed by atoms with Crippen LogP contribution in [0.5, 0.6) is 0 Å². The van der Waals surface area contributed by atoms with Crippen LogP contribution in [0.25, 0.3) is 0 Å². The topological polar surface area (TPSA) is 72.9 Å². The highest BCUT2D eigenvalue weighted by atomic mass is 16.1. The number of hydrogen-bond acceptors (Lipinski definition) is 3.